The summed E-state index contributed by atoms with van der Waals surface area (Å²) >= 11 is 0. The van der Waals surface area contributed by atoms with Crippen LogP contribution in [0.15, 0.2) is 0 Å². The van der Waals surface area contributed by atoms with E-state index in [1.54, 1.807) is 0 Å². The molecule has 0 saturated heterocycles. The van der Waals surface area contributed by atoms with Gasteiger partial charge >= 0.3 is 8.05 Å². The third-order valence-electron chi connectivity index (χ3n) is 1.54. The smallest absolute Gasteiger partial charge is 0.378 e. The SMILES string of the molecule is [B]OC(=O)CC(CO)CCC. The molecule has 4 heteroatoms. The monoisotopic (exact) mass is 156 g/mol. The Morgan fingerprint density at radius 2 is 2.36 bits per heavy atom. The predicted octanol–water partition coefficient (Wildman–Crippen LogP) is 0.412. The van der Waals surface area contributed by atoms with Crippen molar-refractivity contribution >= 4 is 14.0 Å². The maximum atomic E-state index is 10.6. The van der Waals surface area contributed by atoms with E-state index in [1.807, 2.05) is 6.92 Å². The van der Waals surface area contributed by atoms with Gasteiger partial charge in [0, 0.05) is 13.0 Å². The van der Waals surface area contributed by atoms with Crippen molar-refractivity contribution in [2.45, 2.75) is 26.2 Å². The molecule has 0 spiro atoms. The zero-order chi connectivity index (χ0) is 8.69. The summed E-state index contributed by atoms with van der Waals surface area (Å²) in [5, 5.41) is 8.75. The Balaban J connectivity index is 3.58. The zero-order valence-corrected chi connectivity index (χ0v) is 6.75. The molecule has 1 N–H and O–H groups in total. The topological polar surface area (TPSA) is 46.5 Å². The normalized spacial score (nSPS) is 12.5. The Hall–Kier alpha value is -0.505. The molecule has 0 aromatic rings. The fraction of sp³-hybridized carbons (Fsp3) is 0.857. The van der Waals surface area contributed by atoms with Gasteiger partial charge in [0.25, 0.3) is 5.97 Å². The summed E-state index contributed by atoms with van der Waals surface area (Å²) in [6, 6.07) is 0. The molecule has 0 saturated carbocycles. The molecule has 0 aromatic heterocycles. The van der Waals surface area contributed by atoms with E-state index in [2.05, 4.69) is 12.7 Å². The van der Waals surface area contributed by atoms with Crippen LogP contribution in [-0.4, -0.2) is 25.7 Å². The van der Waals surface area contributed by atoms with Crippen LogP contribution in [-0.2, 0) is 9.45 Å². The third kappa shape index (κ3) is 4.84. The van der Waals surface area contributed by atoms with E-state index in [4.69, 9.17) is 5.11 Å². The molecule has 62 valence electrons. The second kappa shape index (κ2) is 6.22. The molecule has 0 bridgehead atoms. The Kier molecular flexibility index (Phi) is 5.94. The standard InChI is InChI=1S/C7H13BO3/c1-2-3-6(5-9)4-7(10)11-8/h6,9H,2-5H2,1H3. The first kappa shape index (κ1) is 10.5. The highest BCUT2D eigenvalue weighted by Gasteiger charge is 2.11. The number of aliphatic hydroxyl groups excluding tert-OH is 1. The first-order valence-electron chi connectivity index (χ1n) is 3.75. The van der Waals surface area contributed by atoms with E-state index in [0.717, 1.165) is 12.8 Å². The molecule has 11 heavy (non-hydrogen) atoms. The lowest BCUT2D eigenvalue weighted by atomic mass is 10.0. The first-order valence-corrected chi connectivity index (χ1v) is 3.75. The van der Waals surface area contributed by atoms with E-state index in [1.165, 1.54) is 0 Å². The number of aliphatic hydroxyl groups is 1. The second-order valence-electron chi connectivity index (χ2n) is 2.53. The van der Waals surface area contributed by atoms with Gasteiger partial charge in [-0.1, -0.05) is 13.3 Å². The van der Waals surface area contributed by atoms with Crippen LogP contribution in [0.4, 0.5) is 0 Å². The molecular formula is C7H13BO3. The fourth-order valence-corrected chi connectivity index (χ4v) is 0.950. The minimum absolute atomic E-state index is 0.00366. The summed E-state index contributed by atoms with van der Waals surface area (Å²) in [6.07, 6.45) is 1.98. The summed E-state index contributed by atoms with van der Waals surface area (Å²) in [6.45, 7) is 2.01. The molecule has 0 fully saturated rings. The van der Waals surface area contributed by atoms with Crippen LogP contribution < -0.4 is 0 Å². The van der Waals surface area contributed by atoms with Crippen LogP contribution >= 0.6 is 0 Å². The highest BCUT2D eigenvalue weighted by molar-refractivity contribution is 6.05. The Morgan fingerprint density at radius 3 is 2.73 bits per heavy atom. The molecule has 0 aliphatic rings. The van der Waals surface area contributed by atoms with Gasteiger partial charge in [0.15, 0.2) is 0 Å². The molecule has 0 amide bonds. The van der Waals surface area contributed by atoms with Crippen LogP contribution in [0.25, 0.3) is 0 Å². The molecule has 0 aliphatic carbocycles. The first-order chi connectivity index (χ1) is 5.24. The highest BCUT2D eigenvalue weighted by Crippen LogP contribution is 2.10. The molecule has 0 aliphatic heterocycles. The van der Waals surface area contributed by atoms with E-state index in [9.17, 15) is 4.79 Å². The van der Waals surface area contributed by atoms with Gasteiger partial charge in [0.05, 0.1) is 0 Å². The molecule has 2 radical (unpaired) electrons. The minimum atomic E-state index is -0.461. The third-order valence-corrected chi connectivity index (χ3v) is 1.54. The van der Waals surface area contributed by atoms with Crippen molar-refractivity contribution in [1.82, 2.24) is 0 Å². The molecule has 1 atom stereocenters. The van der Waals surface area contributed by atoms with Gasteiger partial charge in [-0.2, -0.15) is 0 Å². The largest absolute Gasteiger partial charge is 0.543 e. The maximum Gasteiger partial charge on any atom is 0.378 e. The molecule has 0 rings (SSSR count). The molecular weight excluding hydrogens is 143 g/mol. The van der Waals surface area contributed by atoms with Crippen molar-refractivity contribution in [1.29, 1.82) is 0 Å². The van der Waals surface area contributed by atoms with Gasteiger partial charge in [0.1, 0.15) is 0 Å². The average molecular weight is 156 g/mol. The van der Waals surface area contributed by atoms with Crippen molar-refractivity contribution in [3.63, 3.8) is 0 Å². The van der Waals surface area contributed by atoms with Crippen molar-refractivity contribution < 1.29 is 14.6 Å². The van der Waals surface area contributed by atoms with Gasteiger partial charge in [-0.3, -0.25) is 4.79 Å². The molecule has 0 heterocycles. The number of rotatable bonds is 5. The summed E-state index contributed by atoms with van der Waals surface area (Å²) in [4.78, 5) is 10.6. The van der Waals surface area contributed by atoms with Gasteiger partial charge in [0.2, 0.25) is 0 Å². The van der Waals surface area contributed by atoms with Gasteiger partial charge < -0.3 is 9.76 Å². The van der Waals surface area contributed by atoms with Crippen LogP contribution in [0, 0.1) is 5.92 Å². The Labute approximate surface area is 68.2 Å². The van der Waals surface area contributed by atoms with E-state index >= 15 is 0 Å². The maximum absolute atomic E-state index is 10.6. The number of hydrogen-bond donors (Lipinski definition) is 1. The number of carbonyl (C=O) groups excluding carboxylic acids is 1. The van der Waals surface area contributed by atoms with Crippen LogP contribution in [0.5, 0.6) is 0 Å². The second-order valence-corrected chi connectivity index (χ2v) is 2.53. The zero-order valence-electron chi connectivity index (χ0n) is 6.75. The number of hydrogen-bond acceptors (Lipinski definition) is 3. The lowest BCUT2D eigenvalue weighted by Gasteiger charge is -2.10. The molecule has 3 nitrogen and oxygen atoms in total. The number of carbonyl (C=O) groups is 1. The van der Waals surface area contributed by atoms with Gasteiger partial charge in [-0.25, -0.2) is 0 Å². The van der Waals surface area contributed by atoms with Gasteiger partial charge in [-0.15, -0.1) is 0 Å². The van der Waals surface area contributed by atoms with Crippen molar-refractivity contribution in [2.75, 3.05) is 6.61 Å². The summed E-state index contributed by atoms with van der Waals surface area (Å²) < 4.78 is 3.98. The van der Waals surface area contributed by atoms with Crippen molar-refractivity contribution in [2.24, 2.45) is 5.92 Å². The quantitative estimate of drug-likeness (QED) is 0.586. The fourth-order valence-electron chi connectivity index (χ4n) is 0.950. The summed E-state index contributed by atoms with van der Waals surface area (Å²) in [5.41, 5.74) is 0. The predicted molar refractivity (Wildman–Crippen MR) is 41.9 cm³/mol. The van der Waals surface area contributed by atoms with Crippen LogP contribution in [0.2, 0.25) is 0 Å². The highest BCUT2D eigenvalue weighted by atomic mass is 16.5. The molecule has 0 aromatic carbocycles. The van der Waals surface area contributed by atoms with E-state index in [-0.39, 0.29) is 18.9 Å². The Morgan fingerprint density at radius 1 is 1.73 bits per heavy atom. The summed E-state index contributed by atoms with van der Waals surface area (Å²) in [5.74, 6) is -0.464. The Bertz CT molecular complexity index is 116. The van der Waals surface area contributed by atoms with E-state index < -0.39 is 5.97 Å². The van der Waals surface area contributed by atoms with Gasteiger partial charge in [-0.05, 0) is 12.3 Å². The van der Waals surface area contributed by atoms with E-state index in [0.29, 0.717) is 0 Å². The lowest BCUT2D eigenvalue weighted by molar-refractivity contribution is -0.135. The van der Waals surface area contributed by atoms with Crippen LogP contribution in [0.1, 0.15) is 26.2 Å². The van der Waals surface area contributed by atoms with Crippen molar-refractivity contribution in [3.05, 3.63) is 0 Å². The summed E-state index contributed by atoms with van der Waals surface area (Å²) in [7, 11) is 4.64. The van der Waals surface area contributed by atoms with Crippen molar-refractivity contribution in [3.8, 4) is 0 Å². The average Bonchev–Trinajstić information content (AvgIpc) is 2.03. The lowest BCUT2D eigenvalue weighted by Crippen LogP contribution is -2.13. The minimum Gasteiger partial charge on any atom is -0.543 e. The van der Waals surface area contributed by atoms with Crippen LogP contribution in [0.3, 0.4) is 0 Å². The molecule has 1 unspecified atom stereocenters.